The van der Waals surface area contributed by atoms with Crippen molar-refractivity contribution in [3.8, 4) is 11.5 Å². The fourth-order valence-corrected chi connectivity index (χ4v) is 4.07. The van der Waals surface area contributed by atoms with Crippen molar-refractivity contribution >= 4 is 5.97 Å². The number of hydrogen-bond donors (Lipinski definition) is 3. The third-order valence-corrected chi connectivity index (χ3v) is 6.01. The van der Waals surface area contributed by atoms with Gasteiger partial charge in [-0.15, -0.1) is 0 Å². The summed E-state index contributed by atoms with van der Waals surface area (Å²) in [5.41, 5.74) is 5.69. The Kier molecular flexibility index (Phi) is 14.0. The lowest BCUT2D eigenvalue weighted by Gasteiger charge is -2.21. The van der Waals surface area contributed by atoms with Gasteiger partial charge in [-0.2, -0.15) is 0 Å². The molecular weight excluding hydrogens is 412 g/mol. The number of phenolic OH excluding ortho intramolecular Hbond substituents is 1. The van der Waals surface area contributed by atoms with Crippen LogP contribution < -0.4 is 0 Å². The van der Waals surface area contributed by atoms with Crippen molar-refractivity contribution in [1.82, 2.24) is 0 Å². The van der Waals surface area contributed by atoms with Gasteiger partial charge in [-0.25, -0.2) is 4.79 Å². The molecule has 33 heavy (non-hydrogen) atoms. The number of aromatic carboxylic acids is 1. The Balaban J connectivity index is 0.000000451. The van der Waals surface area contributed by atoms with Gasteiger partial charge in [0.2, 0.25) is 0 Å². The first-order valence-corrected chi connectivity index (χ1v) is 12.8. The highest BCUT2D eigenvalue weighted by Crippen LogP contribution is 2.33. The average molecular weight is 457 g/mol. The first kappa shape index (κ1) is 28.5. The second kappa shape index (κ2) is 16.2. The minimum atomic E-state index is -1.11. The molecule has 2 aromatic carbocycles. The number of carboxylic acids is 1. The molecule has 4 nitrogen and oxygen atoms in total. The van der Waals surface area contributed by atoms with Gasteiger partial charge in [0.05, 0.1) is 0 Å². The SMILES string of the molecule is CCCCc1cc(O)c(CCCC)c(CCCC)c1CCCC.O=C(O)c1ccccc1O. The molecule has 0 amide bonds. The zero-order valence-corrected chi connectivity index (χ0v) is 21.1. The van der Waals surface area contributed by atoms with Crippen molar-refractivity contribution in [2.45, 2.75) is 105 Å². The third kappa shape index (κ3) is 9.49. The van der Waals surface area contributed by atoms with Gasteiger partial charge in [0, 0.05) is 0 Å². The lowest BCUT2D eigenvalue weighted by Crippen LogP contribution is -2.07. The van der Waals surface area contributed by atoms with E-state index in [9.17, 15) is 9.90 Å². The van der Waals surface area contributed by atoms with Crippen LogP contribution in [0.25, 0.3) is 0 Å². The van der Waals surface area contributed by atoms with E-state index in [4.69, 9.17) is 10.2 Å². The Hall–Kier alpha value is -2.49. The molecule has 2 aromatic rings. The van der Waals surface area contributed by atoms with Gasteiger partial charge in [-0.3, -0.25) is 0 Å². The second-order valence-corrected chi connectivity index (χ2v) is 8.73. The van der Waals surface area contributed by atoms with E-state index < -0.39 is 5.97 Å². The van der Waals surface area contributed by atoms with Crippen LogP contribution in [-0.4, -0.2) is 21.3 Å². The smallest absolute Gasteiger partial charge is 0.339 e. The number of benzene rings is 2. The summed E-state index contributed by atoms with van der Waals surface area (Å²) in [5, 5.41) is 28.0. The van der Waals surface area contributed by atoms with E-state index in [1.165, 1.54) is 86.6 Å². The maximum atomic E-state index is 10.6. The van der Waals surface area contributed by atoms with Gasteiger partial charge in [0.1, 0.15) is 17.1 Å². The van der Waals surface area contributed by atoms with E-state index in [1.807, 2.05) is 0 Å². The highest BCUT2D eigenvalue weighted by Gasteiger charge is 2.17. The Morgan fingerprint density at radius 2 is 1.15 bits per heavy atom. The topological polar surface area (TPSA) is 77.8 Å². The number of rotatable bonds is 13. The van der Waals surface area contributed by atoms with Crippen LogP contribution in [0.3, 0.4) is 0 Å². The molecule has 0 saturated carbocycles. The number of aryl methyl sites for hydroxylation is 1. The molecule has 3 N–H and O–H groups in total. The van der Waals surface area contributed by atoms with Crippen molar-refractivity contribution in [3.05, 3.63) is 58.1 Å². The molecule has 0 spiro atoms. The summed E-state index contributed by atoms with van der Waals surface area (Å²) >= 11 is 0. The van der Waals surface area contributed by atoms with Crippen LogP contribution in [0.1, 0.15) is 112 Å². The fraction of sp³-hybridized carbons (Fsp3) is 0.552. The zero-order valence-electron chi connectivity index (χ0n) is 21.1. The molecule has 0 aromatic heterocycles. The third-order valence-electron chi connectivity index (χ3n) is 6.01. The molecule has 2 rings (SSSR count). The first-order valence-electron chi connectivity index (χ1n) is 12.8. The molecule has 184 valence electrons. The predicted octanol–water partition coefficient (Wildman–Crippen LogP) is 7.85. The normalized spacial score (nSPS) is 10.5. The quantitative estimate of drug-likeness (QED) is 0.287. The van der Waals surface area contributed by atoms with Crippen LogP contribution >= 0.6 is 0 Å². The number of aromatic hydroxyl groups is 2. The summed E-state index contributed by atoms with van der Waals surface area (Å²) in [4.78, 5) is 10.3. The van der Waals surface area contributed by atoms with E-state index in [-0.39, 0.29) is 11.3 Å². The van der Waals surface area contributed by atoms with Crippen molar-refractivity contribution in [2.24, 2.45) is 0 Å². The minimum Gasteiger partial charge on any atom is -0.508 e. The summed E-state index contributed by atoms with van der Waals surface area (Å²) in [6, 6.07) is 7.91. The molecule has 4 heteroatoms. The number of phenols is 2. The van der Waals surface area contributed by atoms with E-state index in [2.05, 4.69) is 33.8 Å². The van der Waals surface area contributed by atoms with Crippen LogP contribution in [0, 0.1) is 0 Å². The van der Waals surface area contributed by atoms with Crippen LogP contribution in [0.5, 0.6) is 11.5 Å². The Morgan fingerprint density at radius 1 is 0.667 bits per heavy atom. The molecule has 0 heterocycles. The largest absolute Gasteiger partial charge is 0.508 e. The summed E-state index contributed by atoms with van der Waals surface area (Å²) < 4.78 is 0. The molecule has 0 aliphatic carbocycles. The molecule has 0 saturated heterocycles. The lowest BCUT2D eigenvalue weighted by molar-refractivity contribution is 0.0693. The molecule has 0 bridgehead atoms. The predicted molar refractivity (Wildman–Crippen MR) is 138 cm³/mol. The van der Waals surface area contributed by atoms with Crippen LogP contribution in [0.4, 0.5) is 0 Å². The van der Waals surface area contributed by atoms with Crippen LogP contribution in [0.2, 0.25) is 0 Å². The van der Waals surface area contributed by atoms with Gasteiger partial charge < -0.3 is 15.3 Å². The summed E-state index contributed by atoms with van der Waals surface area (Å²) in [6.07, 6.45) is 14.2. The van der Waals surface area contributed by atoms with Gasteiger partial charge in [0.25, 0.3) is 0 Å². The Labute approximate surface area is 200 Å². The summed E-state index contributed by atoms with van der Waals surface area (Å²) in [7, 11) is 0. The highest BCUT2D eigenvalue weighted by atomic mass is 16.4. The van der Waals surface area contributed by atoms with E-state index in [0.717, 1.165) is 19.3 Å². The molecular formula is C29H44O4. The number of carboxylic acid groups (broad SMARTS) is 1. The molecule has 0 aliphatic rings. The highest BCUT2D eigenvalue weighted by molar-refractivity contribution is 5.90. The number of hydrogen-bond acceptors (Lipinski definition) is 3. The zero-order chi connectivity index (χ0) is 24.6. The molecule has 0 radical (unpaired) electrons. The summed E-state index contributed by atoms with van der Waals surface area (Å²) in [6.45, 7) is 9.02. The number of para-hydroxylation sites is 1. The maximum Gasteiger partial charge on any atom is 0.339 e. The fourth-order valence-electron chi connectivity index (χ4n) is 4.07. The molecule has 0 aliphatic heterocycles. The van der Waals surface area contributed by atoms with Crippen molar-refractivity contribution < 1.29 is 20.1 Å². The molecule has 0 fully saturated rings. The van der Waals surface area contributed by atoms with Crippen molar-refractivity contribution in [1.29, 1.82) is 0 Å². The average Bonchev–Trinajstić information content (AvgIpc) is 2.80. The lowest BCUT2D eigenvalue weighted by atomic mass is 9.85. The van der Waals surface area contributed by atoms with Crippen molar-refractivity contribution in [2.75, 3.05) is 0 Å². The van der Waals surface area contributed by atoms with Crippen LogP contribution in [-0.2, 0) is 25.7 Å². The first-order chi connectivity index (χ1) is 15.9. The van der Waals surface area contributed by atoms with Crippen molar-refractivity contribution in [3.63, 3.8) is 0 Å². The molecule has 0 atom stereocenters. The molecule has 0 unspecified atom stereocenters. The Bertz CT molecular complexity index is 842. The van der Waals surface area contributed by atoms with E-state index in [0.29, 0.717) is 5.75 Å². The van der Waals surface area contributed by atoms with Gasteiger partial charge in [-0.1, -0.05) is 65.5 Å². The van der Waals surface area contributed by atoms with E-state index >= 15 is 0 Å². The monoisotopic (exact) mass is 456 g/mol. The van der Waals surface area contributed by atoms with Gasteiger partial charge >= 0.3 is 5.97 Å². The summed E-state index contributed by atoms with van der Waals surface area (Å²) in [5.74, 6) is -0.746. The number of carbonyl (C=O) groups is 1. The van der Waals surface area contributed by atoms with E-state index in [1.54, 1.807) is 17.7 Å². The van der Waals surface area contributed by atoms with Gasteiger partial charge in [-0.05, 0) is 91.8 Å². The number of unbranched alkanes of at least 4 members (excludes halogenated alkanes) is 4. The Morgan fingerprint density at radius 3 is 1.64 bits per heavy atom. The van der Waals surface area contributed by atoms with Crippen LogP contribution in [0.15, 0.2) is 30.3 Å². The second-order valence-electron chi connectivity index (χ2n) is 8.73. The standard InChI is InChI=1S/C22H38O.C7H6O3/c1-5-9-13-18-17-22(23)21(16-12-8-4)20(15-11-7-3)19(18)14-10-6-2;8-6-4-2-1-3-5(6)7(9)10/h17,23H,5-16H2,1-4H3;1-4,8H,(H,9,10). The maximum absolute atomic E-state index is 10.6. The minimum absolute atomic E-state index is 0.0671. The van der Waals surface area contributed by atoms with Gasteiger partial charge in [0.15, 0.2) is 0 Å².